The zero-order chi connectivity index (χ0) is 24.3. The Labute approximate surface area is 203 Å². The molecule has 0 aromatic heterocycles. The third-order valence-corrected chi connectivity index (χ3v) is 6.08. The first kappa shape index (κ1) is 25.5. The molecular formula is C29H37NO4. The van der Waals surface area contributed by atoms with Crippen molar-refractivity contribution >= 4 is 11.5 Å². The topological polar surface area (TPSA) is 68.1 Å². The van der Waals surface area contributed by atoms with Gasteiger partial charge in [0.25, 0.3) is 0 Å². The molecule has 0 radical (unpaired) electrons. The normalized spacial score (nSPS) is 16.6. The summed E-state index contributed by atoms with van der Waals surface area (Å²) in [7, 11) is 0. The average molecular weight is 464 g/mol. The van der Waals surface area contributed by atoms with Gasteiger partial charge in [-0.05, 0) is 62.3 Å². The van der Waals surface area contributed by atoms with Crippen LogP contribution in [0.2, 0.25) is 0 Å². The Morgan fingerprint density at radius 3 is 2.41 bits per heavy atom. The summed E-state index contributed by atoms with van der Waals surface area (Å²) in [6, 6.07) is 15.9. The van der Waals surface area contributed by atoms with Gasteiger partial charge in [-0.3, -0.25) is 9.79 Å². The van der Waals surface area contributed by atoms with Gasteiger partial charge in [0.15, 0.2) is 17.3 Å². The van der Waals surface area contributed by atoms with Crippen LogP contribution in [0.1, 0.15) is 69.9 Å². The molecule has 182 valence electrons. The molecule has 0 heterocycles. The number of allylic oxidation sites excluding steroid dienone is 2. The van der Waals surface area contributed by atoms with Gasteiger partial charge in [0.05, 0.1) is 18.8 Å². The zero-order valence-electron chi connectivity index (χ0n) is 20.7. The molecule has 0 saturated heterocycles. The number of ketones is 1. The summed E-state index contributed by atoms with van der Waals surface area (Å²) in [5.41, 5.74) is 3.38. The van der Waals surface area contributed by atoms with Crippen molar-refractivity contribution in [1.29, 1.82) is 0 Å². The Kier molecular flexibility index (Phi) is 9.75. The summed E-state index contributed by atoms with van der Waals surface area (Å²) in [6.45, 7) is 7.73. The minimum Gasteiger partial charge on any atom is -0.511 e. The molecule has 0 aliphatic heterocycles. The van der Waals surface area contributed by atoms with Crippen LogP contribution in [0.25, 0.3) is 0 Å². The van der Waals surface area contributed by atoms with Crippen molar-refractivity contribution in [2.45, 2.75) is 65.2 Å². The van der Waals surface area contributed by atoms with Crippen LogP contribution < -0.4 is 9.47 Å². The maximum absolute atomic E-state index is 13.1. The summed E-state index contributed by atoms with van der Waals surface area (Å²) >= 11 is 0. The Bertz CT molecular complexity index is 1010. The molecule has 0 bridgehead atoms. The standard InChI is InChI=1S/C29H37NO4/c1-4-7-13-24(29-25(31)19-23(20-26(29)32)22-11-9-8-10-12-22)30-17-16-21-14-15-27(33-5-2)28(18-21)34-6-3/h8-12,14-15,18,23,31H,4-7,13,16-17,19-20H2,1-3H3. The number of ether oxygens (including phenoxy) is 2. The van der Waals surface area contributed by atoms with Crippen LogP contribution in [0.3, 0.4) is 0 Å². The largest absolute Gasteiger partial charge is 0.511 e. The van der Waals surface area contributed by atoms with E-state index in [4.69, 9.17) is 14.5 Å². The van der Waals surface area contributed by atoms with Gasteiger partial charge in [0, 0.05) is 25.1 Å². The number of carbonyl (C=O) groups excluding carboxylic acids is 1. The number of aliphatic hydroxyl groups excluding tert-OH is 1. The van der Waals surface area contributed by atoms with Crippen LogP contribution in [-0.2, 0) is 11.2 Å². The maximum Gasteiger partial charge on any atom is 0.168 e. The predicted molar refractivity (Wildman–Crippen MR) is 137 cm³/mol. The molecule has 2 aromatic carbocycles. The molecule has 1 aliphatic rings. The molecule has 1 aliphatic carbocycles. The molecule has 34 heavy (non-hydrogen) atoms. The van der Waals surface area contributed by atoms with Crippen LogP contribution in [0.4, 0.5) is 0 Å². The molecular weight excluding hydrogens is 426 g/mol. The van der Waals surface area contributed by atoms with Crippen LogP contribution in [-0.4, -0.2) is 36.4 Å². The van der Waals surface area contributed by atoms with E-state index in [1.165, 1.54) is 0 Å². The number of aliphatic hydroxyl groups is 1. The van der Waals surface area contributed by atoms with Gasteiger partial charge in [0.1, 0.15) is 5.76 Å². The summed E-state index contributed by atoms with van der Waals surface area (Å²) in [4.78, 5) is 17.9. The number of nitrogens with zero attached hydrogens (tertiary/aromatic N) is 1. The van der Waals surface area contributed by atoms with E-state index in [9.17, 15) is 9.90 Å². The molecule has 5 nitrogen and oxygen atoms in total. The lowest BCUT2D eigenvalue weighted by atomic mass is 9.80. The van der Waals surface area contributed by atoms with Gasteiger partial charge >= 0.3 is 0 Å². The van der Waals surface area contributed by atoms with Gasteiger partial charge < -0.3 is 14.6 Å². The van der Waals surface area contributed by atoms with E-state index in [2.05, 4.69) is 6.92 Å². The molecule has 0 saturated carbocycles. The summed E-state index contributed by atoms with van der Waals surface area (Å²) in [6.07, 6.45) is 4.24. The van der Waals surface area contributed by atoms with Crippen molar-refractivity contribution in [3.8, 4) is 11.5 Å². The fourth-order valence-corrected chi connectivity index (χ4v) is 4.38. The minimum atomic E-state index is -0.00726. The fourth-order valence-electron chi connectivity index (χ4n) is 4.38. The predicted octanol–water partition coefficient (Wildman–Crippen LogP) is 6.62. The lowest BCUT2D eigenvalue weighted by Crippen LogP contribution is -2.24. The highest BCUT2D eigenvalue weighted by atomic mass is 16.5. The van der Waals surface area contributed by atoms with Crippen molar-refractivity contribution < 1.29 is 19.4 Å². The zero-order valence-corrected chi connectivity index (χ0v) is 20.7. The Morgan fingerprint density at radius 2 is 1.74 bits per heavy atom. The number of hydrogen-bond donors (Lipinski definition) is 1. The van der Waals surface area contributed by atoms with Gasteiger partial charge in [-0.1, -0.05) is 49.7 Å². The van der Waals surface area contributed by atoms with E-state index in [-0.39, 0.29) is 17.5 Å². The Morgan fingerprint density at radius 1 is 1.00 bits per heavy atom. The van der Waals surface area contributed by atoms with Crippen LogP contribution >= 0.6 is 0 Å². The first-order chi connectivity index (χ1) is 16.6. The smallest absolute Gasteiger partial charge is 0.168 e. The lowest BCUT2D eigenvalue weighted by Gasteiger charge is -2.24. The van der Waals surface area contributed by atoms with Crippen LogP contribution in [0.15, 0.2) is 64.9 Å². The molecule has 5 heteroatoms. The second kappa shape index (κ2) is 13.0. The molecule has 2 aromatic rings. The van der Waals surface area contributed by atoms with Crippen LogP contribution in [0.5, 0.6) is 11.5 Å². The molecule has 1 N–H and O–H groups in total. The Hall–Kier alpha value is -3.08. The highest BCUT2D eigenvalue weighted by Crippen LogP contribution is 2.34. The molecule has 0 fully saturated rings. The number of unbranched alkanes of at least 4 members (excludes halogenated alkanes) is 1. The number of benzene rings is 2. The molecule has 3 rings (SSSR count). The van der Waals surface area contributed by atoms with Crippen LogP contribution in [0, 0.1) is 0 Å². The molecule has 0 amide bonds. The highest BCUT2D eigenvalue weighted by molar-refractivity contribution is 6.23. The SMILES string of the molecule is CCCCC(=NCCc1ccc(OCC)c(OCC)c1)C1=C(O)CC(c2ccccc2)CC1=O. The number of carbonyl (C=O) groups is 1. The highest BCUT2D eigenvalue weighted by Gasteiger charge is 2.31. The quantitative estimate of drug-likeness (QED) is 0.359. The fraction of sp³-hybridized carbons (Fsp3) is 0.448. The lowest BCUT2D eigenvalue weighted by molar-refractivity contribution is -0.116. The second-order valence-electron chi connectivity index (χ2n) is 8.59. The number of hydrogen-bond acceptors (Lipinski definition) is 5. The third-order valence-electron chi connectivity index (χ3n) is 6.08. The third kappa shape index (κ3) is 6.72. The van der Waals surface area contributed by atoms with E-state index < -0.39 is 0 Å². The average Bonchev–Trinajstić information content (AvgIpc) is 2.84. The first-order valence-electron chi connectivity index (χ1n) is 12.5. The van der Waals surface area contributed by atoms with E-state index in [0.29, 0.717) is 44.6 Å². The van der Waals surface area contributed by atoms with Crippen molar-refractivity contribution in [3.63, 3.8) is 0 Å². The minimum absolute atomic E-state index is 0.00726. The summed E-state index contributed by atoms with van der Waals surface area (Å²) < 4.78 is 11.4. The maximum atomic E-state index is 13.1. The van der Waals surface area contributed by atoms with Gasteiger partial charge in [-0.2, -0.15) is 0 Å². The first-order valence-corrected chi connectivity index (χ1v) is 12.5. The molecule has 1 atom stereocenters. The van der Waals surface area contributed by atoms with E-state index in [1.54, 1.807) is 0 Å². The Balaban J connectivity index is 1.77. The van der Waals surface area contributed by atoms with E-state index in [0.717, 1.165) is 47.6 Å². The number of aliphatic imine (C=N–C) groups is 1. The summed E-state index contributed by atoms with van der Waals surface area (Å²) in [5, 5.41) is 10.9. The van der Waals surface area contributed by atoms with Crippen molar-refractivity contribution in [3.05, 3.63) is 71.0 Å². The van der Waals surface area contributed by atoms with Gasteiger partial charge in [0.2, 0.25) is 0 Å². The van der Waals surface area contributed by atoms with E-state index in [1.807, 2.05) is 62.4 Å². The number of rotatable bonds is 12. The monoisotopic (exact) mass is 463 g/mol. The second-order valence-corrected chi connectivity index (χ2v) is 8.59. The van der Waals surface area contributed by atoms with E-state index >= 15 is 0 Å². The summed E-state index contributed by atoms with van der Waals surface area (Å²) in [5.74, 6) is 1.68. The van der Waals surface area contributed by atoms with Crippen molar-refractivity contribution in [2.24, 2.45) is 4.99 Å². The molecule has 1 unspecified atom stereocenters. The van der Waals surface area contributed by atoms with Crippen molar-refractivity contribution in [1.82, 2.24) is 0 Å². The van der Waals surface area contributed by atoms with Crippen molar-refractivity contribution in [2.75, 3.05) is 19.8 Å². The van der Waals surface area contributed by atoms with Gasteiger partial charge in [-0.25, -0.2) is 0 Å². The molecule has 0 spiro atoms. The van der Waals surface area contributed by atoms with Gasteiger partial charge in [-0.15, -0.1) is 0 Å². The number of Topliss-reactive ketones (excluding diaryl/α,β-unsaturated/α-hetero) is 1.